The number of aliphatic carboxylic acids is 1. The third-order valence-corrected chi connectivity index (χ3v) is 5.08. The fourth-order valence-corrected chi connectivity index (χ4v) is 3.86. The van der Waals surface area contributed by atoms with Crippen molar-refractivity contribution >= 4 is 11.9 Å². The van der Waals surface area contributed by atoms with Crippen molar-refractivity contribution in [3.8, 4) is 5.69 Å². The van der Waals surface area contributed by atoms with Gasteiger partial charge in [0.15, 0.2) is 5.69 Å². The number of halogens is 1. The summed E-state index contributed by atoms with van der Waals surface area (Å²) in [4.78, 5) is 25.9. The summed E-state index contributed by atoms with van der Waals surface area (Å²) in [7, 11) is 0. The van der Waals surface area contributed by atoms with Gasteiger partial charge < -0.3 is 14.7 Å². The first-order valence-corrected chi connectivity index (χ1v) is 9.02. The number of amides is 1. The smallest absolute Gasteiger partial charge is 0.305 e. The quantitative estimate of drug-likeness (QED) is 0.884. The Morgan fingerprint density at radius 3 is 2.96 bits per heavy atom. The third-order valence-electron chi connectivity index (χ3n) is 5.08. The molecule has 0 spiro atoms. The molecule has 2 aromatic rings. The van der Waals surface area contributed by atoms with Gasteiger partial charge in [-0.15, -0.1) is 0 Å². The number of nitrogens with zero attached hydrogens (tertiary/aromatic N) is 3. The second kappa shape index (κ2) is 7.11. The summed E-state index contributed by atoms with van der Waals surface area (Å²) in [6, 6.07) is 5.61. The summed E-state index contributed by atoms with van der Waals surface area (Å²) >= 11 is 0. The summed E-state index contributed by atoms with van der Waals surface area (Å²) < 4.78 is 20.6. The minimum atomic E-state index is -0.973. The fraction of sp³-hybridized carbons (Fsp3) is 0.421. The largest absolute Gasteiger partial charge is 0.481 e. The van der Waals surface area contributed by atoms with Gasteiger partial charge in [0, 0.05) is 17.8 Å². The Morgan fingerprint density at radius 1 is 1.33 bits per heavy atom. The molecule has 8 heteroatoms. The third kappa shape index (κ3) is 3.32. The Bertz CT molecular complexity index is 895. The van der Waals surface area contributed by atoms with E-state index in [1.54, 1.807) is 21.7 Å². The van der Waals surface area contributed by atoms with Crippen molar-refractivity contribution in [3.05, 3.63) is 47.0 Å². The summed E-state index contributed by atoms with van der Waals surface area (Å²) in [6.45, 7) is 0.901. The average molecular weight is 373 g/mol. The zero-order valence-electron chi connectivity index (χ0n) is 14.7. The number of aromatic nitrogens is 2. The molecular formula is C19H20FN3O4. The van der Waals surface area contributed by atoms with Crippen LogP contribution in [0.15, 0.2) is 24.3 Å². The van der Waals surface area contributed by atoms with Crippen LogP contribution in [0.25, 0.3) is 5.69 Å². The van der Waals surface area contributed by atoms with Crippen LogP contribution in [0.2, 0.25) is 0 Å². The first kappa shape index (κ1) is 17.7. The lowest BCUT2D eigenvalue weighted by atomic mass is 10.1. The number of rotatable bonds is 4. The van der Waals surface area contributed by atoms with Gasteiger partial charge in [-0.05, 0) is 37.5 Å². The molecule has 1 aromatic heterocycles. The van der Waals surface area contributed by atoms with E-state index in [4.69, 9.17) is 9.84 Å². The first-order valence-electron chi connectivity index (χ1n) is 9.02. The van der Waals surface area contributed by atoms with Crippen molar-refractivity contribution in [2.45, 2.75) is 31.7 Å². The first-order chi connectivity index (χ1) is 13.0. The Labute approximate surface area is 155 Å². The molecule has 0 bridgehead atoms. The lowest BCUT2D eigenvalue weighted by Gasteiger charge is -2.34. The van der Waals surface area contributed by atoms with E-state index in [1.165, 1.54) is 12.1 Å². The Morgan fingerprint density at radius 2 is 2.19 bits per heavy atom. The van der Waals surface area contributed by atoms with Crippen LogP contribution in [-0.2, 0) is 22.4 Å². The lowest BCUT2D eigenvalue weighted by Crippen LogP contribution is -2.49. The molecule has 2 aliphatic rings. The second-order valence-corrected chi connectivity index (χ2v) is 6.84. The number of hydrogen-bond donors (Lipinski definition) is 1. The molecule has 1 saturated heterocycles. The van der Waals surface area contributed by atoms with Crippen LogP contribution in [0.1, 0.15) is 34.6 Å². The number of carbonyl (C=O) groups excluding carboxylic acids is 1. The van der Waals surface area contributed by atoms with E-state index in [-0.39, 0.29) is 24.8 Å². The lowest BCUT2D eigenvalue weighted by molar-refractivity contribution is -0.139. The molecule has 7 nitrogen and oxygen atoms in total. The molecule has 0 radical (unpaired) electrons. The summed E-state index contributed by atoms with van der Waals surface area (Å²) in [5.74, 6) is -1.62. The monoisotopic (exact) mass is 373 g/mol. The molecule has 27 heavy (non-hydrogen) atoms. The SMILES string of the molecule is O=C(O)CC1COCCN1C(=O)c1nn(-c2cccc(F)c2)c2c1CCC2. The Kier molecular flexibility index (Phi) is 4.65. The van der Waals surface area contributed by atoms with Crippen molar-refractivity contribution in [2.24, 2.45) is 0 Å². The maximum Gasteiger partial charge on any atom is 0.305 e. The number of benzene rings is 1. The van der Waals surface area contributed by atoms with Crippen molar-refractivity contribution in [1.82, 2.24) is 14.7 Å². The van der Waals surface area contributed by atoms with Gasteiger partial charge >= 0.3 is 5.97 Å². The zero-order chi connectivity index (χ0) is 19.0. The number of hydrogen-bond acceptors (Lipinski definition) is 4. The maximum atomic E-state index is 13.6. The van der Waals surface area contributed by atoms with Crippen LogP contribution in [0.5, 0.6) is 0 Å². The van der Waals surface area contributed by atoms with Crippen molar-refractivity contribution in [1.29, 1.82) is 0 Å². The minimum absolute atomic E-state index is 0.168. The van der Waals surface area contributed by atoms with E-state index in [1.807, 2.05) is 0 Å². The average Bonchev–Trinajstić information content (AvgIpc) is 3.23. The van der Waals surface area contributed by atoms with Crippen molar-refractivity contribution in [2.75, 3.05) is 19.8 Å². The van der Waals surface area contributed by atoms with Crippen molar-refractivity contribution in [3.63, 3.8) is 0 Å². The fourth-order valence-electron chi connectivity index (χ4n) is 3.86. The topological polar surface area (TPSA) is 84.7 Å². The Hall–Kier alpha value is -2.74. The highest BCUT2D eigenvalue weighted by molar-refractivity contribution is 5.95. The molecule has 1 aromatic carbocycles. The number of morpholine rings is 1. The van der Waals surface area contributed by atoms with Crippen LogP contribution in [0.3, 0.4) is 0 Å². The maximum absolute atomic E-state index is 13.6. The highest BCUT2D eigenvalue weighted by Crippen LogP contribution is 2.29. The summed E-state index contributed by atoms with van der Waals surface area (Å²) in [5, 5.41) is 13.6. The van der Waals surface area contributed by atoms with Gasteiger partial charge in [0.25, 0.3) is 5.91 Å². The van der Waals surface area contributed by atoms with Gasteiger partial charge in [0.05, 0.1) is 31.4 Å². The van der Waals surface area contributed by atoms with Gasteiger partial charge in [-0.3, -0.25) is 9.59 Å². The van der Waals surface area contributed by atoms with E-state index in [9.17, 15) is 14.0 Å². The van der Waals surface area contributed by atoms with Crippen LogP contribution in [0.4, 0.5) is 4.39 Å². The van der Waals surface area contributed by atoms with Crippen LogP contribution in [0, 0.1) is 5.82 Å². The number of carboxylic acids is 1. The Balaban J connectivity index is 1.70. The van der Waals surface area contributed by atoms with E-state index >= 15 is 0 Å². The summed E-state index contributed by atoms with van der Waals surface area (Å²) in [6.07, 6.45) is 2.25. The van der Waals surface area contributed by atoms with Crippen LogP contribution < -0.4 is 0 Å². The minimum Gasteiger partial charge on any atom is -0.481 e. The van der Waals surface area contributed by atoms with Crippen LogP contribution in [-0.4, -0.2) is 57.5 Å². The molecule has 2 heterocycles. The molecule has 1 amide bonds. The van der Waals surface area contributed by atoms with Crippen LogP contribution >= 0.6 is 0 Å². The normalized spacial score (nSPS) is 19.1. The standard InChI is InChI=1S/C19H20FN3O4/c20-12-3-1-4-13(9-12)23-16-6-2-5-15(16)18(21-23)19(26)22-7-8-27-11-14(22)10-17(24)25/h1,3-4,9,14H,2,5-8,10-11H2,(H,24,25). The predicted octanol–water partition coefficient (Wildman–Crippen LogP) is 1.82. The number of fused-ring (bicyclic) bond motifs is 1. The van der Waals surface area contributed by atoms with E-state index in [0.29, 0.717) is 24.5 Å². The number of ether oxygens (including phenoxy) is 1. The van der Waals surface area contributed by atoms with Gasteiger partial charge in [0.2, 0.25) is 0 Å². The molecule has 1 N–H and O–H groups in total. The van der Waals surface area contributed by atoms with Gasteiger partial charge in [0.1, 0.15) is 5.82 Å². The predicted molar refractivity (Wildman–Crippen MR) is 93.4 cm³/mol. The molecule has 1 fully saturated rings. The highest BCUT2D eigenvalue weighted by atomic mass is 19.1. The number of carbonyl (C=O) groups is 2. The van der Waals surface area contributed by atoms with Gasteiger partial charge in [-0.25, -0.2) is 9.07 Å². The molecule has 1 aliphatic heterocycles. The van der Waals surface area contributed by atoms with E-state index < -0.39 is 12.0 Å². The molecule has 1 aliphatic carbocycles. The molecule has 1 unspecified atom stereocenters. The molecule has 1 atom stereocenters. The molecule has 4 rings (SSSR count). The summed E-state index contributed by atoms with van der Waals surface area (Å²) in [5.41, 5.74) is 2.72. The molecule has 142 valence electrons. The van der Waals surface area contributed by atoms with Gasteiger partial charge in [-0.1, -0.05) is 6.07 Å². The number of carboxylic acid groups (broad SMARTS) is 1. The zero-order valence-corrected chi connectivity index (χ0v) is 14.7. The van der Waals surface area contributed by atoms with Crippen molar-refractivity contribution < 1.29 is 23.8 Å². The van der Waals surface area contributed by atoms with E-state index in [2.05, 4.69) is 5.10 Å². The second-order valence-electron chi connectivity index (χ2n) is 6.84. The highest BCUT2D eigenvalue weighted by Gasteiger charge is 2.34. The molecular weight excluding hydrogens is 353 g/mol. The molecule has 0 saturated carbocycles. The van der Waals surface area contributed by atoms with Gasteiger partial charge in [-0.2, -0.15) is 5.10 Å². The van der Waals surface area contributed by atoms with E-state index in [0.717, 1.165) is 30.5 Å².